The van der Waals surface area contributed by atoms with Gasteiger partial charge in [-0.2, -0.15) is 0 Å². The number of hydrogen-bond acceptors (Lipinski definition) is 4. The van der Waals surface area contributed by atoms with E-state index in [2.05, 4.69) is 26.2 Å². The van der Waals surface area contributed by atoms with Crippen molar-refractivity contribution in [2.75, 3.05) is 20.8 Å². The average molecular weight is 312 g/mol. The maximum absolute atomic E-state index is 5.19. The van der Waals surface area contributed by atoms with Crippen LogP contribution in [0.2, 0.25) is 0 Å². The van der Waals surface area contributed by atoms with Crippen LogP contribution in [0.3, 0.4) is 0 Å². The lowest BCUT2D eigenvalue weighted by Crippen LogP contribution is -2.04. The Bertz CT molecular complexity index is 528. The first-order valence-electron chi connectivity index (χ1n) is 5.47. The summed E-state index contributed by atoms with van der Waals surface area (Å²) in [5.41, 5.74) is 1.82. The molecule has 0 saturated carbocycles. The van der Waals surface area contributed by atoms with Gasteiger partial charge in [-0.1, -0.05) is 5.21 Å². The Hall–Kier alpha value is -1.40. The quantitative estimate of drug-likeness (QED) is 0.850. The van der Waals surface area contributed by atoms with E-state index in [4.69, 9.17) is 9.47 Å². The molecule has 18 heavy (non-hydrogen) atoms. The van der Waals surface area contributed by atoms with Gasteiger partial charge >= 0.3 is 0 Å². The zero-order chi connectivity index (χ0) is 13.0. The van der Waals surface area contributed by atoms with E-state index in [0.29, 0.717) is 13.2 Å². The zero-order valence-corrected chi connectivity index (χ0v) is 11.8. The molecule has 96 valence electrons. The smallest absolute Gasteiger partial charge is 0.133 e. The highest BCUT2D eigenvalue weighted by Gasteiger charge is 2.07. The Morgan fingerprint density at radius 1 is 1.33 bits per heavy atom. The van der Waals surface area contributed by atoms with Crippen molar-refractivity contribution in [1.29, 1.82) is 0 Å². The highest BCUT2D eigenvalue weighted by Crippen LogP contribution is 2.29. The molecule has 0 N–H and O–H groups in total. The number of benzene rings is 1. The molecule has 0 aliphatic rings. The summed E-state index contributed by atoms with van der Waals surface area (Å²) >= 11 is 3.45. The van der Waals surface area contributed by atoms with Crippen LogP contribution in [0.25, 0.3) is 11.3 Å². The second-order valence-electron chi connectivity index (χ2n) is 3.71. The van der Waals surface area contributed by atoms with Crippen LogP contribution in [-0.4, -0.2) is 35.8 Å². The number of hydrogen-bond donors (Lipinski definition) is 0. The summed E-state index contributed by atoms with van der Waals surface area (Å²) in [7, 11) is 3.30. The van der Waals surface area contributed by atoms with Crippen LogP contribution in [0.15, 0.2) is 28.9 Å². The fourth-order valence-corrected chi connectivity index (χ4v) is 2.09. The predicted octanol–water partition coefficient (Wildman–Crippen LogP) is 2.36. The number of methoxy groups -OCH3 is 2. The molecular formula is C12H14BrN3O2. The van der Waals surface area contributed by atoms with Gasteiger partial charge in [0.05, 0.1) is 30.9 Å². The van der Waals surface area contributed by atoms with Gasteiger partial charge in [0, 0.05) is 12.7 Å². The maximum Gasteiger partial charge on any atom is 0.133 e. The molecule has 1 aromatic heterocycles. The van der Waals surface area contributed by atoms with Crippen molar-refractivity contribution in [1.82, 2.24) is 15.0 Å². The van der Waals surface area contributed by atoms with Gasteiger partial charge in [-0.25, -0.2) is 4.68 Å². The SMILES string of the molecule is COCCn1cc(-c2ccc(OC)c(Br)c2)nn1. The number of nitrogens with zero attached hydrogens (tertiary/aromatic N) is 3. The third kappa shape index (κ3) is 2.88. The molecule has 5 nitrogen and oxygen atoms in total. The molecule has 0 spiro atoms. The topological polar surface area (TPSA) is 49.2 Å². The molecular weight excluding hydrogens is 298 g/mol. The van der Waals surface area contributed by atoms with Crippen LogP contribution >= 0.6 is 15.9 Å². The Morgan fingerprint density at radius 3 is 2.83 bits per heavy atom. The van der Waals surface area contributed by atoms with Gasteiger partial charge in [0.25, 0.3) is 0 Å². The van der Waals surface area contributed by atoms with Crippen molar-refractivity contribution in [3.63, 3.8) is 0 Å². The molecule has 6 heteroatoms. The van der Waals surface area contributed by atoms with E-state index in [9.17, 15) is 0 Å². The van der Waals surface area contributed by atoms with Gasteiger partial charge in [0.1, 0.15) is 11.4 Å². The van der Waals surface area contributed by atoms with Gasteiger partial charge in [-0.3, -0.25) is 0 Å². The second-order valence-corrected chi connectivity index (χ2v) is 4.56. The minimum Gasteiger partial charge on any atom is -0.496 e. The standard InChI is InChI=1S/C12H14BrN3O2/c1-17-6-5-16-8-11(14-15-16)9-3-4-12(18-2)10(13)7-9/h3-4,7-8H,5-6H2,1-2H3. The lowest BCUT2D eigenvalue weighted by molar-refractivity contribution is 0.183. The van der Waals surface area contributed by atoms with Crippen molar-refractivity contribution in [2.24, 2.45) is 0 Å². The van der Waals surface area contributed by atoms with Crippen molar-refractivity contribution in [3.8, 4) is 17.0 Å². The Balaban J connectivity index is 2.20. The number of ether oxygens (including phenoxy) is 2. The molecule has 0 fully saturated rings. The normalized spacial score (nSPS) is 10.6. The summed E-state index contributed by atoms with van der Waals surface area (Å²) in [5, 5.41) is 8.17. The first kappa shape index (κ1) is 13.0. The first-order valence-corrected chi connectivity index (χ1v) is 6.27. The molecule has 0 saturated heterocycles. The molecule has 2 rings (SSSR count). The van der Waals surface area contributed by atoms with Crippen LogP contribution in [-0.2, 0) is 11.3 Å². The van der Waals surface area contributed by atoms with Gasteiger partial charge in [-0.15, -0.1) is 5.10 Å². The highest BCUT2D eigenvalue weighted by atomic mass is 79.9. The summed E-state index contributed by atoms with van der Waals surface area (Å²) in [6.07, 6.45) is 1.90. The third-order valence-electron chi connectivity index (χ3n) is 2.51. The molecule has 1 aromatic carbocycles. The predicted molar refractivity (Wildman–Crippen MR) is 71.6 cm³/mol. The van der Waals surface area contributed by atoms with Gasteiger partial charge in [-0.05, 0) is 34.1 Å². The van der Waals surface area contributed by atoms with Gasteiger partial charge in [0.15, 0.2) is 0 Å². The molecule has 0 amide bonds. The van der Waals surface area contributed by atoms with Crippen LogP contribution < -0.4 is 4.74 Å². The van der Waals surface area contributed by atoms with E-state index in [-0.39, 0.29) is 0 Å². The van der Waals surface area contributed by atoms with Crippen molar-refractivity contribution < 1.29 is 9.47 Å². The van der Waals surface area contributed by atoms with Gasteiger partial charge < -0.3 is 9.47 Å². The molecule has 0 radical (unpaired) electrons. The fourth-order valence-electron chi connectivity index (χ4n) is 1.55. The largest absolute Gasteiger partial charge is 0.496 e. The van der Waals surface area contributed by atoms with E-state index in [1.165, 1.54) is 0 Å². The van der Waals surface area contributed by atoms with Gasteiger partial charge in [0.2, 0.25) is 0 Å². The lowest BCUT2D eigenvalue weighted by Gasteiger charge is -2.03. The third-order valence-corrected chi connectivity index (χ3v) is 3.13. The summed E-state index contributed by atoms with van der Waals surface area (Å²) in [4.78, 5) is 0. The Labute approximate surface area is 114 Å². The molecule has 0 aliphatic heterocycles. The van der Waals surface area contributed by atoms with Crippen molar-refractivity contribution >= 4 is 15.9 Å². The van der Waals surface area contributed by atoms with E-state index < -0.39 is 0 Å². The van der Waals surface area contributed by atoms with Crippen LogP contribution in [0.4, 0.5) is 0 Å². The number of aromatic nitrogens is 3. The number of halogens is 1. The zero-order valence-electron chi connectivity index (χ0n) is 10.3. The minimum atomic E-state index is 0.620. The van der Waals surface area contributed by atoms with Crippen molar-refractivity contribution in [3.05, 3.63) is 28.9 Å². The van der Waals surface area contributed by atoms with E-state index in [0.717, 1.165) is 21.5 Å². The molecule has 1 heterocycles. The Kier molecular flexibility index (Phi) is 4.33. The molecule has 0 aliphatic carbocycles. The fraction of sp³-hybridized carbons (Fsp3) is 0.333. The Morgan fingerprint density at radius 2 is 2.17 bits per heavy atom. The molecule has 0 atom stereocenters. The lowest BCUT2D eigenvalue weighted by atomic mass is 10.2. The summed E-state index contributed by atoms with van der Waals surface area (Å²) in [6, 6.07) is 5.81. The van der Waals surface area contributed by atoms with E-state index >= 15 is 0 Å². The molecule has 0 bridgehead atoms. The molecule has 0 unspecified atom stereocenters. The molecule has 2 aromatic rings. The maximum atomic E-state index is 5.19. The van der Waals surface area contributed by atoms with Crippen LogP contribution in [0, 0.1) is 0 Å². The van der Waals surface area contributed by atoms with E-state index in [1.54, 1.807) is 18.9 Å². The second kappa shape index (κ2) is 5.97. The van der Waals surface area contributed by atoms with Crippen molar-refractivity contribution in [2.45, 2.75) is 6.54 Å². The average Bonchev–Trinajstić information content (AvgIpc) is 2.85. The first-order chi connectivity index (χ1) is 8.74. The monoisotopic (exact) mass is 311 g/mol. The minimum absolute atomic E-state index is 0.620. The summed E-state index contributed by atoms with van der Waals surface area (Å²) in [6.45, 7) is 1.32. The van der Waals surface area contributed by atoms with Crippen LogP contribution in [0.5, 0.6) is 5.75 Å². The highest BCUT2D eigenvalue weighted by molar-refractivity contribution is 9.10. The van der Waals surface area contributed by atoms with Crippen LogP contribution in [0.1, 0.15) is 0 Å². The summed E-state index contributed by atoms with van der Waals surface area (Å²) in [5.74, 6) is 0.797. The van der Waals surface area contributed by atoms with E-state index in [1.807, 2.05) is 24.4 Å². The summed E-state index contributed by atoms with van der Waals surface area (Å²) < 4.78 is 12.8. The number of rotatable bonds is 5.